The number of hydrogen-bond acceptors (Lipinski definition) is 2. The average Bonchev–Trinajstić information content (AvgIpc) is 2.57. The topological polar surface area (TPSA) is 30.0 Å². The number of benzene rings is 2. The Morgan fingerprint density at radius 2 is 1.75 bits per heavy atom. The molecule has 0 atom stereocenters. The molecule has 1 aromatic heterocycles. The van der Waals surface area contributed by atoms with E-state index < -0.39 is 5.24 Å². The zero-order valence-corrected chi connectivity index (χ0v) is 15.2. The summed E-state index contributed by atoms with van der Waals surface area (Å²) < 4.78 is 0. The minimum absolute atomic E-state index is 0.448. The molecule has 122 valence electrons. The number of pyridine rings is 1. The smallest absolute Gasteiger partial charge is 0.253 e. The van der Waals surface area contributed by atoms with Crippen LogP contribution in [0.25, 0.3) is 22.2 Å². The number of aryl methyl sites for hydroxylation is 1. The average molecular weight is 358 g/mol. The van der Waals surface area contributed by atoms with E-state index in [1.165, 1.54) is 5.56 Å². The fourth-order valence-corrected chi connectivity index (χ4v) is 3.06. The van der Waals surface area contributed by atoms with Crippen LogP contribution in [0.5, 0.6) is 0 Å². The number of carbonyl (C=O) groups excluding carboxylic acids is 1. The van der Waals surface area contributed by atoms with E-state index >= 15 is 0 Å². The standard InChI is InChI=1S/C20H17Cl2NO/c1-11(2)13-4-6-14(7-5-13)18-10-16(20(22)24)15-8-9-17(21)12(3)19(15)23-18/h4-11H,1-3H3. The van der Waals surface area contributed by atoms with Gasteiger partial charge in [0.2, 0.25) is 0 Å². The third-order valence-corrected chi connectivity index (χ3v) is 4.87. The Morgan fingerprint density at radius 3 is 2.33 bits per heavy atom. The van der Waals surface area contributed by atoms with Crippen molar-refractivity contribution in [2.45, 2.75) is 26.7 Å². The van der Waals surface area contributed by atoms with Gasteiger partial charge in [-0.25, -0.2) is 4.98 Å². The predicted octanol–water partition coefficient (Wildman–Crippen LogP) is 6.37. The van der Waals surface area contributed by atoms with Crippen LogP contribution in [0.3, 0.4) is 0 Å². The summed E-state index contributed by atoms with van der Waals surface area (Å²) in [4.78, 5) is 16.6. The summed E-state index contributed by atoms with van der Waals surface area (Å²) in [5.41, 5.74) is 4.91. The number of aromatic nitrogens is 1. The van der Waals surface area contributed by atoms with Gasteiger partial charge >= 0.3 is 0 Å². The monoisotopic (exact) mass is 357 g/mol. The van der Waals surface area contributed by atoms with Crippen LogP contribution < -0.4 is 0 Å². The molecule has 0 saturated carbocycles. The number of fused-ring (bicyclic) bond motifs is 1. The normalized spacial score (nSPS) is 11.2. The molecule has 2 aromatic carbocycles. The Bertz CT molecular complexity index is 931. The van der Waals surface area contributed by atoms with E-state index in [4.69, 9.17) is 28.2 Å². The number of nitrogens with zero attached hydrogens (tertiary/aromatic N) is 1. The highest BCUT2D eigenvalue weighted by molar-refractivity contribution is 6.68. The minimum atomic E-state index is -0.496. The number of hydrogen-bond donors (Lipinski definition) is 0. The first-order valence-electron chi connectivity index (χ1n) is 7.78. The third-order valence-electron chi connectivity index (χ3n) is 4.25. The Morgan fingerprint density at radius 1 is 1.08 bits per heavy atom. The molecule has 0 spiro atoms. The van der Waals surface area contributed by atoms with E-state index in [1.54, 1.807) is 18.2 Å². The van der Waals surface area contributed by atoms with Crippen LogP contribution in [0.4, 0.5) is 0 Å². The molecule has 0 N–H and O–H groups in total. The van der Waals surface area contributed by atoms with Crippen molar-refractivity contribution in [1.82, 2.24) is 4.98 Å². The third kappa shape index (κ3) is 3.04. The van der Waals surface area contributed by atoms with Crippen molar-refractivity contribution in [3.05, 3.63) is 64.2 Å². The molecule has 0 aliphatic heterocycles. The largest absolute Gasteiger partial charge is 0.276 e. The molecule has 3 rings (SSSR count). The Kier molecular flexibility index (Phi) is 4.62. The fourth-order valence-electron chi connectivity index (χ4n) is 2.75. The second-order valence-corrected chi connectivity index (χ2v) is 6.92. The molecule has 1 heterocycles. The molecule has 0 saturated heterocycles. The van der Waals surface area contributed by atoms with Crippen LogP contribution >= 0.6 is 23.2 Å². The van der Waals surface area contributed by atoms with Gasteiger partial charge in [-0.15, -0.1) is 0 Å². The van der Waals surface area contributed by atoms with Gasteiger partial charge in [-0.05, 0) is 47.7 Å². The molecular formula is C20H17Cl2NO. The molecule has 0 aliphatic carbocycles. The number of carbonyl (C=O) groups is 1. The van der Waals surface area contributed by atoms with Gasteiger partial charge in [0, 0.05) is 21.5 Å². The van der Waals surface area contributed by atoms with Crippen molar-refractivity contribution >= 4 is 39.3 Å². The summed E-state index contributed by atoms with van der Waals surface area (Å²) >= 11 is 12.0. The quantitative estimate of drug-likeness (QED) is 0.510. The Balaban J connectivity index is 2.25. The molecular weight excluding hydrogens is 341 g/mol. The second kappa shape index (κ2) is 6.54. The van der Waals surface area contributed by atoms with E-state index in [2.05, 4.69) is 26.0 Å². The molecule has 0 amide bonds. The Hall–Kier alpha value is -1.90. The van der Waals surface area contributed by atoms with Gasteiger partial charge in [-0.3, -0.25) is 4.79 Å². The SMILES string of the molecule is Cc1c(Cl)ccc2c(C(=O)Cl)cc(-c3ccc(C(C)C)cc3)nc12. The van der Waals surface area contributed by atoms with Crippen LogP contribution in [0.2, 0.25) is 5.02 Å². The lowest BCUT2D eigenvalue weighted by Crippen LogP contribution is -1.98. The fraction of sp³-hybridized carbons (Fsp3) is 0.200. The van der Waals surface area contributed by atoms with Crippen LogP contribution in [-0.2, 0) is 0 Å². The van der Waals surface area contributed by atoms with Crippen molar-refractivity contribution in [1.29, 1.82) is 0 Å². The molecule has 0 unspecified atom stereocenters. The second-order valence-electron chi connectivity index (χ2n) is 6.17. The molecule has 0 aliphatic rings. The maximum absolute atomic E-state index is 11.9. The van der Waals surface area contributed by atoms with E-state index in [0.29, 0.717) is 27.7 Å². The van der Waals surface area contributed by atoms with Crippen molar-refractivity contribution in [2.75, 3.05) is 0 Å². The summed E-state index contributed by atoms with van der Waals surface area (Å²) in [6.45, 7) is 6.20. The summed E-state index contributed by atoms with van der Waals surface area (Å²) in [5.74, 6) is 0.463. The molecule has 4 heteroatoms. The number of rotatable bonds is 3. The summed E-state index contributed by atoms with van der Waals surface area (Å²) in [5, 5.41) is 0.846. The first kappa shape index (κ1) is 16.9. The van der Waals surface area contributed by atoms with E-state index in [1.807, 2.05) is 19.1 Å². The van der Waals surface area contributed by atoms with Gasteiger partial charge in [0.05, 0.1) is 11.2 Å². The Labute approximate surface area is 151 Å². The lowest BCUT2D eigenvalue weighted by molar-refractivity contribution is 0.108. The van der Waals surface area contributed by atoms with Crippen molar-refractivity contribution in [2.24, 2.45) is 0 Å². The zero-order valence-electron chi connectivity index (χ0n) is 13.7. The summed E-state index contributed by atoms with van der Waals surface area (Å²) in [6, 6.07) is 13.5. The summed E-state index contributed by atoms with van der Waals surface area (Å²) in [7, 11) is 0. The highest BCUT2D eigenvalue weighted by Gasteiger charge is 2.15. The molecule has 0 fully saturated rings. The van der Waals surface area contributed by atoms with Crippen LogP contribution in [0.1, 0.15) is 41.3 Å². The maximum Gasteiger partial charge on any atom is 0.253 e. The van der Waals surface area contributed by atoms with Crippen LogP contribution in [0, 0.1) is 6.92 Å². The van der Waals surface area contributed by atoms with Gasteiger partial charge in [0.15, 0.2) is 0 Å². The predicted molar refractivity (Wildman–Crippen MR) is 101 cm³/mol. The van der Waals surface area contributed by atoms with Crippen molar-refractivity contribution in [3.63, 3.8) is 0 Å². The molecule has 24 heavy (non-hydrogen) atoms. The maximum atomic E-state index is 11.9. The van der Waals surface area contributed by atoms with Crippen LogP contribution in [-0.4, -0.2) is 10.2 Å². The van der Waals surface area contributed by atoms with Gasteiger partial charge in [-0.2, -0.15) is 0 Å². The van der Waals surface area contributed by atoms with Gasteiger partial charge < -0.3 is 0 Å². The summed E-state index contributed by atoms with van der Waals surface area (Å²) in [6.07, 6.45) is 0. The van der Waals surface area contributed by atoms with Gasteiger partial charge in [0.1, 0.15) is 0 Å². The lowest BCUT2D eigenvalue weighted by Gasteiger charge is -2.11. The zero-order chi connectivity index (χ0) is 17.4. The van der Waals surface area contributed by atoms with E-state index in [0.717, 1.165) is 16.5 Å². The highest BCUT2D eigenvalue weighted by Crippen LogP contribution is 2.31. The molecule has 2 nitrogen and oxygen atoms in total. The van der Waals surface area contributed by atoms with Gasteiger partial charge in [0.25, 0.3) is 5.24 Å². The molecule has 0 radical (unpaired) electrons. The van der Waals surface area contributed by atoms with E-state index in [-0.39, 0.29) is 0 Å². The van der Waals surface area contributed by atoms with Gasteiger partial charge in [-0.1, -0.05) is 55.8 Å². The molecule has 0 bridgehead atoms. The van der Waals surface area contributed by atoms with E-state index in [9.17, 15) is 4.79 Å². The lowest BCUT2D eigenvalue weighted by atomic mass is 9.99. The van der Waals surface area contributed by atoms with Crippen LogP contribution in [0.15, 0.2) is 42.5 Å². The van der Waals surface area contributed by atoms with Crippen molar-refractivity contribution < 1.29 is 4.79 Å². The number of halogens is 2. The minimum Gasteiger partial charge on any atom is -0.276 e. The first-order chi connectivity index (χ1) is 11.4. The van der Waals surface area contributed by atoms with Crippen molar-refractivity contribution in [3.8, 4) is 11.3 Å². The highest BCUT2D eigenvalue weighted by atomic mass is 35.5. The molecule has 3 aromatic rings. The first-order valence-corrected chi connectivity index (χ1v) is 8.54.